The fraction of sp³-hybridized carbons (Fsp3) is 0.833. The van der Waals surface area contributed by atoms with Crippen molar-refractivity contribution in [2.45, 2.75) is 13.3 Å². The molecule has 0 aliphatic heterocycles. The molecule has 78 valence electrons. The van der Waals surface area contributed by atoms with Crippen molar-refractivity contribution in [2.75, 3.05) is 18.1 Å². The number of amides is 1. The monoisotopic (exact) mass is 227 g/mol. The summed E-state index contributed by atoms with van der Waals surface area (Å²) in [5.41, 5.74) is 0. The Balaban J connectivity index is 3.41. The average molecular weight is 227 g/mol. The van der Waals surface area contributed by atoms with Gasteiger partial charge in [0.2, 0.25) is 0 Å². The number of thioether (sulfide) groups is 1. The van der Waals surface area contributed by atoms with E-state index in [2.05, 4.69) is 5.32 Å². The third-order valence-electron chi connectivity index (χ3n) is 1.10. The molecule has 5 nitrogen and oxygen atoms in total. The molecule has 0 radical (unpaired) electrons. The number of rotatable bonds is 5. The van der Waals surface area contributed by atoms with Crippen LogP contribution in [0.3, 0.4) is 0 Å². The van der Waals surface area contributed by atoms with Crippen LogP contribution in [0.15, 0.2) is 0 Å². The second kappa shape index (κ2) is 6.22. The first-order valence-electron chi connectivity index (χ1n) is 3.81. The normalized spacial score (nSPS) is 11.2. The molecule has 0 rings (SSSR count). The zero-order valence-corrected chi connectivity index (χ0v) is 8.95. The van der Waals surface area contributed by atoms with Gasteiger partial charge in [-0.3, -0.25) is 9.35 Å². The van der Waals surface area contributed by atoms with Crippen LogP contribution >= 0.6 is 11.8 Å². The lowest BCUT2D eigenvalue weighted by atomic mass is 10.6. The molecular weight excluding hydrogens is 214 g/mol. The summed E-state index contributed by atoms with van der Waals surface area (Å²) in [7, 11) is -3.88. The molecule has 1 amide bonds. The van der Waals surface area contributed by atoms with Crippen LogP contribution in [-0.4, -0.2) is 36.3 Å². The van der Waals surface area contributed by atoms with Gasteiger partial charge in [-0.05, 0) is 13.3 Å². The first kappa shape index (κ1) is 12.7. The van der Waals surface area contributed by atoms with Crippen molar-refractivity contribution in [1.82, 2.24) is 5.32 Å². The molecule has 7 heteroatoms. The second-order valence-electron chi connectivity index (χ2n) is 2.31. The highest BCUT2D eigenvalue weighted by molar-refractivity contribution is 8.13. The van der Waals surface area contributed by atoms with Gasteiger partial charge in [0.1, 0.15) is 0 Å². The Bertz CT molecular complexity index is 249. The summed E-state index contributed by atoms with van der Waals surface area (Å²) in [4.78, 5) is 10.8. The van der Waals surface area contributed by atoms with E-state index in [1.165, 1.54) is 0 Å². The third kappa shape index (κ3) is 9.65. The average Bonchev–Trinajstić information content (AvgIpc) is 1.97. The second-order valence-corrected chi connectivity index (χ2v) is 4.95. The molecule has 0 fully saturated rings. The van der Waals surface area contributed by atoms with E-state index >= 15 is 0 Å². The fourth-order valence-corrected chi connectivity index (χ4v) is 2.01. The lowest BCUT2D eigenvalue weighted by Gasteiger charge is -2.00. The Hall–Kier alpha value is -0.270. The maximum atomic E-state index is 10.8. The Morgan fingerprint density at radius 2 is 2.15 bits per heavy atom. The zero-order valence-electron chi connectivity index (χ0n) is 7.32. The molecule has 2 N–H and O–H groups in total. The van der Waals surface area contributed by atoms with E-state index in [-0.39, 0.29) is 17.4 Å². The maximum absolute atomic E-state index is 10.8. The van der Waals surface area contributed by atoms with Crippen molar-refractivity contribution in [2.24, 2.45) is 0 Å². The minimum Gasteiger partial charge on any atom is -0.347 e. The molecule has 0 unspecified atom stereocenters. The molecule has 13 heavy (non-hydrogen) atoms. The van der Waals surface area contributed by atoms with Gasteiger partial charge in [-0.25, -0.2) is 0 Å². The predicted octanol–water partition coefficient (Wildman–Crippen LogP) is 0.727. The van der Waals surface area contributed by atoms with Crippen LogP contribution in [0, 0.1) is 0 Å². The van der Waals surface area contributed by atoms with Gasteiger partial charge in [-0.15, -0.1) is 0 Å². The zero-order chi connectivity index (χ0) is 10.3. The van der Waals surface area contributed by atoms with Crippen molar-refractivity contribution in [3.63, 3.8) is 0 Å². The third-order valence-corrected chi connectivity index (χ3v) is 2.80. The van der Waals surface area contributed by atoms with Gasteiger partial charge in [-0.2, -0.15) is 8.42 Å². The molecule has 0 aliphatic rings. The van der Waals surface area contributed by atoms with Crippen LogP contribution in [0.2, 0.25) is 0 Å². The van der Waals surface area contributed by atoms with E-state index in [1.807, 2.05) is 0 Å². The minimum atomic E-state index is -3.88. The van der Waals surface area contributed by atoms with Crippen LogP contribution in [0.5, 0.6) is 0 Å². The van der Waals surface area contributed by atoms with E-state index in [0.717, 1.165) is 11.8 Å². The SMILES string of the molecule is CCNC(=O)SCCCS(=O)(=O)O. The van der Waals surface area contributed by atoms with E-state index in [4.69, 9.17) is 4.55 Å². The fourth-order valence-electron chi connectivity index (χ4n) is 0.602. The Kier molecular flexibility index (Phi) is 6.10. The van der Waals surface area contributed by atoms with Gasteiger partial charge in [0.05, 0.1) is 5.75 Å². The quantitative estimate of drug-likeness (QED) is 0.534. The molecule has 0 aromatic rings. The van der Waals surface area contributed by atoms with Crippen LogP contribution in [0.4, 0.5) is 4.79 Å². The summed E-state index contributed by atoms with van der Waals surface area (Å²) < 4.78 is 28.8. The molecule has 0 saturated heterocycles. The van der Waals surface area contributed by atoms with E-state index in [1.54, 1.807) is 6.92 Å². The van der Waals surface area contributed by atoms with Gasteiger partial charge >= 0.3 is 0 Å². The molecular formula is C6H13NO4S2. The number of carbonyl (C=O) groups is 1. The van der Waals surface area contributed by atoms with Crippen LogP contribution in [0.1, 0.15) is 13.3 Å². The Morgan fingerprint density at radius 3 is 2.62 bits per heavy atom. The number of nitrogens with one attached hydrogen (secondary N) is 1. The summed E-state index contributed by atoms with van der Waals surface area (Å²) in [6, 6.07) is 0. The summed E-state index contributed by atoms with van der Waals surface area (Å²) >= 11 is 1.02. The molecule has 0 aromatic carbocycles. The van der Waals surface area contributed by atoms with E-state index in [9.17, 15) is 13.2 Å². The highest BCUT2D eigenvalue weighted by Crippen LogP contribution is 2.04. The Morgan fingerprint density at radius 1 is 1.54 bits per heavy atom. The van der Waals surface area contributed by atoms with Crippen LogP contribution in [0.25, 0.3) is 0 Å². The molecule has 0 aliphatic carbocycles. The summed E-state index contributed by atoms with van der Waals surface area (Å²) in [6.45, 7) is 2.36. The van der Waals surface area contributed by atoms with Crippen molar-refractivity contribution in [3.8, 4) is 0 Å². The Labute approximate surface area is 82.0 Å². The molecule has 0 spiro atoms. The van der Waals surface area contributed by atoms with Gasteiger partial charge in [-0.1, -0.05) is 11.8 Å². The van der Waals surface area contributed by atoms with Gasteiger partial charge < -0.3 is 5.32 Å². The largest absolute Gasteiger partial charge is 0.347 e. The molecule has 0 saturated carbocycles. The van der Waals surface area contributed by atoms with Crippen molar-refractivity contribution in [1.29, 1.82) is 0 Å². The molecule has 0 bridgehead atoms. The first-order valence-corrected chi connectivity index (χ1v) is 6.41. The first-order chi connectivity index (χ1) is 5.95. The number of hydrogen-bond acceptors (Lipinski definition) is 4. The summed E-state index contributed by atoms with van der Waals surface area (Å²) in [5, 5.41) is 2.39. The lowest BCUT2D eigenvalue weighted by Crippen LogP contribution is -2.18. The summed E-state index contributed by atoms with van der Waals surface area (Å²) in [6.07, 6.45) is 0.278. The van der Waals surface area contributed by atoms with Crippen molar-refractivity contribution < 1.29 is 17.8 Å². The van der Waals surface area contributed by atoms with Gasteiger partial charge in [0, 0.05) is 12.3 Å². The van der Waals surface area contributed by atoms with Crippen molar-refractivity contribution in [3.05, 3.63) is 0 Å². The predicted molar refractivity (Wildman–Crippen MR) is 52.6 cm³/mol. The standard InChI is InChI=1S/C6H13NO4S2/c1-2-7-6(8)12-4-3-5-13(9,10)11/h2-5H2,1H3,(H,7,8)(H,9,10,11). The smallest absolute Gasteiger partial charge is 0.279 e. The number of carbonyl (C=O) groups excluding carboxylic acids is 1. The lowest BCUT2D eigenvalue weighted by molar-refractivity contribution is 0.261. The van der Waals surface area contributed by atoms with Gasteiger partial charge in [0.15, 0.2) is 0 Å². The highest BCUT2D eigenvalue weighted by atomic mass is 32.2. The molecule has 0 atom stereocenters. The number of hydrogen-bond donors (Lipinski definition) is 2. The summed E-state index contributed by atoms with van der Waals surface area (Å²) in [5.74, 6) is 0.102. The van der Waals surface area contributed by atoms with E-state index in [0.29, 0.717) is 12.3 Å². The topological polar surface area (TPSA) is 83.5 Å². The molecule has 0 aromatic heterocycles. The minimum absolute atomic E-state index is 0.169. The van der Waals surface area contributed by atoms with Crippen molar-refractivity contribution >= 4 is 27.1 Å². The maximum Gasteiger partial charge on any atom is 0.279 e. The van der Waals surface area contributed by atoms with E-state index < -0.39 is 10.1 Å². The molecule has 0 heterocycles. The van der Waals surface area contributed by atoms with Gasteiger partial charge in [0.25, 0.3) is 15.4 Å². The highest BCUT2D eigenvalue weighted by Gasteiger charge is 2.05. The van der Waals surface area contributed by atoms with Crippen LogP contribution < -0.4 is 5.32 Å². The van der Waals surface area contributed by atoms with Crippen LogP contribution in [-0.2, 0) is 10.1 Å².